The molecule has 1 aromatic carbocycles. The van der Waals surface area contributed by atoms with Crippen LogP contribution in [0.2, 0.25) is 0 Å². The Morgan fingerprint density at radius 1 is 1.33 bits per heavy atom. The highest BCUT2D eigenvalue weighted by Crippen LogP contribution is 2.26. The largest absolute Gasteiger partial charge is 0.329 e. The average Bonchev–Trinajstić information content (AvgIpc) is 2.87. The lowest BCUT2D eigenvalue weighted by atomic mass is 9.92. The molecule has 1 aliphatic rings. The fourth-order valence-electron chi connectivity index (χ4n) is 3.50. The maximum Gasteiger partial charge on any atom is 0.0843 e. The van der Waals surface area contributed by atoms with Gasteiger partial charge in [0.05, 0.1) is 11.2 Å². The first-order valence-corrected chi connectivity index (χ1v) is 8.11. The van der Waals surface area contributed by atoms with Gasteiger partial charge in [0.25, 0.3) is 0 Å². The molecule has 0 aliphatic carbocycles. The molecule has 2 N–H and O–H groups in total. The second-order valence-corrected chi connectivity index (χ2v) is 6.27. The van der Waals surface area contributed by atoms with E-state index in [0.717, 1.165) is 32.1 Å². The quantitative estimate of drug-likeness (QED) is 0.940. The molecule has 2 aromatic rings. The van der Waals surface area contributed by atoms with Crippen LogP contribution in [0.1, 0.15) is 32.4 Å². The summed E-state index contributed by atoms with van der Waals surface area (Å²) < 4.78 is 2.11. The van der Waals surface area contributed by atoms with E-state index in [-0.39, 0.29) is 0 Å². The molecule has 1 aromatic heterocycles. The average molecular weight is 286 g/mol. The van der Waals surface area contributed by atoms with Crippen LogP contribution < -0.4 is 5.73 Å². The number of piperidine rings is 1. The minimum Gasteiger partial charge on any atom is -0.329 e. The first-order valence-electron chi connectivity index (χ1n) is 8.11. The minimum absolute atomic E-state index is 0.499. The normalized spacial score (nSPS) is 23.8. The van der Waals surface area contributed by atoms with Crippen molar-refractivity contribution in [2.75, 3.05) is 13.1 Å². The van der Waals surface area contributed by atoms with Gasteiger partial charge in [0.1, 0.15) is 0 Å². The summed E-state index contributed by atoms with van der Waals surface area (Å²) in [5, 5.41) is 6.11. The summed E-state index contributed by atoms with van der Waals surface area (Å²) >= 11 is 0. The third-order valence-corrected chi connectivity index (χ3v) is 4.76. The van der Waals surface area contributed by atoms with Crippen molar-refractivity contribution in [1.82, 2.24) is 14.7 Å². The highest BCUT2D eigenvalue weighted by atomic mass is 15.3. The smallest absolute Gasteiger partial charge is 0.0843 e. The predicted molar refractivity (Wildman–Crippen MR) is 87.1 cm³/mol. The van der Waals surface area contributed by atoms with Crippen molar-refractivity contribution in [3.63, 3.8) is 0 Å². The van der Waals surface area contributed by atoms with E-state index in [0.29, 0.717) is 6.04 Å². The van der Waals surface area contributed by atoms with Crippen molar-refractivity contribution in [3.05, 3.63) is 30.0 Å². The summed E-state index contributed by atoms with van der Waals surface area (Å²) in [6, 6.07) is 9.04. The van der Waals surface area contributed by atoms with Gasteiger partial charge in [0, 0.05) is 31.1 Å². The number of hydrogen-bond acceptors (Lipinski definition) is 3. The zero-order valence-corrected chi connectivity index (χ0v) is 13.1. The molecule has 114 valence electrons. The van der Waals surface area contributed by atoms with E-state index in [4.69, 9.17) is 10.8 Å². The van der Waals surface area contributed by atoms with Gasteiger partial charge in [-0.05, 0) is 38.3 Å². The molecule has 1 fully saturated rings. The Kier molecular flexibility index (Phi) is 4.27. The molecule has 3 rings (SSSR count). The molecule has 2 heterocycles. The van der Waals surface area contributed by atoms with Gasteiger partial charge in [-0.25, -0.2) is 0 Å². The van der Waals surface area contributed by atoms with E-state index in [1.54, 1.807) is 0 Å². The lowest BCUT2D eigenvalue weighted by Gasteiger charge is -2.37. The number of para-hydroxylation sites is 1. The van der Waals surface area contributed by atoms with Gasteiger partial charge < -0.3 is 5.73 Å². The third kappa shape index (κ3) is 2.83. The van der Waals surface area contributed by atoms with E-state index >= 15 is 0 Å². The Hall–Kier alpha value is -1.39. The molecule has 21 heavy (non-hydrogen) atoms. The van der Waals surface area contributed by atoms with E-state index in [1.165, 1.54) is 29.4 Å². The van der Waals surface area contributed by atoms with Crippen molar-refractivity contribution >= 4 is 10.9 Å². The summed E-state index contributed by atoms with van der Waals surface area (Å²) in [7, 11) is 0. The Morgan fingerprint density at radius 2 is 2.14 bits per heavy atom. The van der Waals surface area contributed by atoms with Crippen LogP contribution >= 0.6 is 0 Å². The molecule has 0 spiro atoms. The van der Waals surface area contributed by atoms with Crippen LogP contribution in [0, 0.1) is 5.92 Å². The molecule has 1 saturated heterocycles. The minimum atomic E-state index is 0.499. The number of likely N-dealkylation sites (tertiary alicyclic amines) is 1. The molecule has 4 heteroatoms. The molecule has 0 bridgehead atoms. The highest BCUT2D eigenvalue weighted by molar-refractivity contribution is 5.81. The Labute approximate surface area is 126 Å². The Morgan fingerprint density at radius 3 is 2.90 bits per heavy atom. The summed E-state index contributed by atoms with van der Waals surface area (Å²) in [6.07, 6.45) is 2.48. The van der Waals surface area contributed by atoms with Gasteiger partial charge in [0.15, 0.2) is 0 Å². The Bertz CT molecular complexity index is 604. The Balaban J connectivity index is 1.87. The number of aryl methyl sites for hydroxylation is 1. The van der Waals surface area contributed by atoms with Gasteiger partial charge in [-0.2, -0.15) is 5.10 Å². The SMILES string of the molecule is CCn1nc(CN2CCC(C)CC2CN)c2ccccc21. The number of fused-ring (bicyclic) bond motifs is 1. The van der Waals surface area contributed by atoms with E-state index in [9.17, 15) is 0 Å². The third-order valence-electron chi connectivity index (χ3n) is 4.76. The van der Waals surface area contributed by atoms with Crippen molar-refractivity contribution in [3.8, 4) is 0 Å². The number of nitrogens with zero attached hydrogens (tertiary/aromatic N) is 3. The van der Waals surface area contributed by atoms with Gasteiger partial charge >= 0.3 is 0 Å². The van der Waals surface area contributed by atoms with E-state index < -0.39 is 0 Å². The number of rotatable bonds is 4. The molecule has 0 amide bonds. The van der Waals surface area contributed by atoms with Gasteiger partial charge in [0.2, 0.25) is 0 Å². The molecule has 0 radical (unpaired) electrons. The van der Waals surface area contributed by atoms with Crippen LogP contribution in [-0.4, -0.2) is 33.8 Å². The predicted octanol–water partition coefficient (Wildman–Crippen LogP) is 2.62. The number of benzene rings is 1. The van der Waals surface area contributed by atoms with Crippen molar-refractivity contribution in [2.24, 2.45) is 11.7 Å². The van der Waals surface area contributed by atoms with Crippen molar-refractivity contribution in [1.29, 1.82) is 0 Å². The number of nitrogens with two attached hydrogens (primary N) is 1. The monoisotopic (exact) mass is 286 g/mol. The standard InChI is InChI=1S/C17H26N4/c1-3-21-17-7-5-4-6-15(17)16(19-21)12-20-9-8-13(2)10-14(20)11-18/h4-7,13-14H,3,8-12,18H2,1-2H3. The summed E-state index contributed by atoms with van der Waals surface area (Å²) in [5.74, 6) is 0.791. The zero-order valence-electron chi connectivity index (χ0n) is 13.1. The van der Waals surface area contributed by atoms with Crippen molar-refractivity contribution < 1.29 is 0 Å². The van der Waals surface area contributed by atoms with E-state index in [2.05, 4.69) is 47.7 Å². The molecule has 2 unspecified atom stereocenters. The number of aromatic nitrogens is 2. The molecule has 0 saturated carbocycles. The molecular formula is C17H26N4. The summed E-state index contributed by atoms with van der Waals surface area (Å²) in [5.41, 5.74) is 8.42. The maximum atomic E-state index is 5.99. The first-order chi connectivity index (χ1) is 10.2. The van der Waals surface area contributed by atoms with Gasteiger partial charge in [-0.3, -0.25) is 9.58 Å². The maximum absolute atomic E-state index is 5.99. The summed E-state index contributed by atoms with van der Waals surface area (Å²) in [4.78, 5) is 2.52. The topological polar surface area (TPSA) is 47.1 Å². The fraction of sp³-hybridized carbons (Fsp3) is 0.588. The number of hydrogen-bond donors (Lipinski definition) is 1. The highest BCUT2D eigenvalue weighted by Gasteiger charge is 2.26. The fourth-order valence-corrected chi connectivity index (χ4v) is 3.50. The van der Waals surface area contributed by atoms with Crippen LogP contribution in [0.15, 0.2) is 24.3 Å². The second kappa shape index (κ2) is 6.16. The lowest BCUT2D eigenvalue weighted by molar-refractivity contribution is 0.114. The summed E-state index contributed by atoms with van der Waals surface area (Å²) in [6.45, 7) is 8.20. The van der Waals surface area contributed by atoms with Gasteiger partial charge in [-0.15, -0.1) is 0 Å². The molecular weight excluding hydrogens is 260 g/mol. The van der Waals surface area contributed by atoms with Gasteiger partial charge in [-0.1, -0.05) is 25.1 Å². The molecule has 4 nitrogen and oxygen atoms in total. The molecule has 1 aliphatic heterocycles. The van der Waals surface area contributed by atoms with Crippen LogP contribution in [-0.2, 0) is 13.1 Å². The van der Waals surface area contributed by atoms with E-state index in [1.807, 2.05) is 0 Å². The van der Waals surface area contributed by atoms with Crippen LogP contribution in [0.25, 0.3) is 10.9 Å². The van der Waals surface area contributed by atoms with Crippen LogP contribution in [0.5, 0.6) is 0 Å². The van der Waals surface area contributed by atoms with Crippen LogP contribution in [0.3, 0.4) is 0 Å². The zero-order chi connectivity index (χ0) is 14.8. The second-order valence-electron chi connectivity index (χ2n) is 6.27. The molecule has 2 atom stereocenters. The van der Waals surface area contributed by atoms with Crippen molar-refractivity contribution in [2.45, 2.75) is 45.8 Å². The first kappa shape index (κ1) is 14.5. The lowest BCUT2D eigenvalue weighted by Crippen LogP contribution is -2.45. The van der Waals surface area contributed by atoms with Crippen LogP contribution in [0.4, 0.5) is 0 Å².